The molecule has 1 aliphatic heterocycles. The van der Waals surface area contributed by atoms with Gasteiger partial charge in [-0.25, -0.2) is 0 Å². The van der Waals surface area contributed by atoms with E-state index < -0.39 is 23.0 Å². The zero-order chi connectivity index (χ0) is 17.5. The molecular formula is C17H26O6. The van der Waals surface area contributed by atoms with Gasteiger partial charge < -0.3 is 14.2 Å². The molecule has 23 heavy (non-hydrogen) atoms. The quantitative estimate of drug-likeness (QED) is 0.367. The van der Waals surface area contributed by atoms with Gasteiger partial charge in [0.25, 0.3) is 0 Å². The minimum absolute atomic E-state index is 0.00623. The minimum Gasteiger partial charge on any atom is -0.465 e. The zero-order valence-electron chi connectivity index (χ0n) is 14.3. The summed E-state index contributed by atoms with van der Waals surface area (Å²) in [5, 5.41) is 0. The summed E-state index contributed by atoms with van der Waals surface area (Å²) in [5.74, 6) is -1.98. The number of esters is 1. The molecule has 1 saturated heterocycles. The summed E-state index contributed by atoms with van der Waals surface area (Å²) in [5.41, 5.74) is -1.38. The SMILES string of the molecule is CCOC(=O)C(C)(CCC(=O)CC)C(=O)/C=C/C1(C)OCCO1. The molecule has 1 aliphatic rings. The van der Waals surface area contributed by atoms with Gasteiger partial charge in [-0.15, -0.1) is 0 Å². The van der Waals surface area contributed by atoms with Gasteiger partial charge in [-0.05, 0) is 39.3 Å². The lowest BCUT2D eigenvalue weighted by Crippen LogP contribution is -2.38. The fraction of sp³-hybridized carbons (Fsp3) is 0.706. The number of rotatable bonds is 9. The van der Waals surface area contributed by atoms with Crippen molar-refractivity contribution in [1.29, 1.82) is 0 Å². The third kappa shape index (κ3) is 5.25. The highest BCUT2D eigenvalue weighted by atomic mass is 16.7. The van der Waals surface area contributed by atoms with E-state index in [4.69, 9.17) is 14.2 Å². The number of ketones is 2. The number of hydrogen-bond donors (Lipinski definition) is 0. The minimum atomic E-state index is -1.38. The Bertz CT molecular complexity index is 475. The summed E-state index contributed by atoms with van der Waals surface area (Å²) in [7, 11) is 0. The molecule has 6 nitrogen and oxygen atoms in total. The molecule has 1 rings (SSSR count). The predicted molar refractivity (Wildman–Crippen MR) is 83.7 cm³/mol. The van der Waals surface area contributed by atoms with E-state index in [0.717, 1.165) is 0 Å². The normalized spacial score (nSPS) is 19.5. The molecular weight excluding hydrogens is 300 g/mol. The zero-order valence-corrected chi connectivity index (χ0v) is 14.3. The maximum absolute atomic E-state index is 12.6. The van der Waals surface area contributed by atoms with Crippen LogP contribution >= 0.6 is 0 Å². The third-order valence-electron chi connectivity index (χ3n) is 3.97. The summed E-state index contributed by atoms with van der Waals surface area (Å²) in [6.45, 7) is 7.73. The van der Waals surface area contributed by atoms with Gasteiger partial charge in [-0.3, -0.25) is 14.4 Å². The van der Waals surface area contributed by atoms with Crippen LogP contribution in [0.3, 0.4) is 0 Å². The molecule has 0 amide bonds. The molecule has 1 unspecified atom stereocenters. The Morgan fingerprint density at radius 2 is 1.83 bits per heavy atom. The highest BCUT2D eigenvalue weighted by molar-refractivity contribution is 6.09. The summed E-state index contributed by atoms with van der Waals surface area (Å²) in [6, 6.07) is 0. The van der Waals surface area contributed by atoms with Crippen molar-refractivity contribution in [3.63, 3.8) is 0 Å². The van der Waals surface area contributed by atoms with Crippen molar-refractivity contribution >= 4 is 17.5 Å². The third-order valence-corrected chi connectivity index (χ3v) is 3.97. The van der Waals surface area contributed by atoms with E-state index in [1.807, 2.05) is 0 Å². The van der Waals surface area contributed by atoms with Crippen LogP contribution in [0.25, 0.3) is 0 Å². The van der Waals surface area contributed by atoms with E-state index >= 15 is 0 Å². The first kappa shape index (κ1) is 19.5. The van der Waals surface area contributed by atoms with Crippen LogP contribution in [0.15, 0.2) is 12.2 Å². The molecule has 0 aromatic carbocycles. The molecule has 0 aromatic rings. The Hall–Kier alpha value is -1.53. The highest BCUT2D eigenvalue weighted by Crippen LogP contribution is 2.29. The van der Waals surface area contributed by atoms with Crippen molar-refractivity contribution in [3.8, 4) is 0 Å². The summed E-state index contributed by atoms with van der Waals surface area (Å²) < 4.78 is 15.8. The number of ether oxygens (including phenoxy) is 3. The van der Waals surface area contributed by atoms with Crippen LogP contribution in [0.2, 0.25) is 0 Å². The van der Waals surface area contributed by atoms with Crippen LogP contribution in [-0.2, 0) is 28.6 Å². The van der Waals surface area contributed by atoms with E-state index in [1.165, 1.54) is 19.1 Å². The van der Waals surface area contributed by atoms with E-state index in [2.05, 4.69) is 0 Å². The Morgan fingerprint density at radius 3 is 2.35 bits per heavy atom. The average Bonchev–Trinajstić information content (AvgIpc) is 2.97. The van der Waals surface area contributed by atoms with Gasteiger partial charge in [0.1, 0.15) is 11.2 Å². The smallest absolute Gasteiger partial charge is 0.319 e. The Labute approximate surface area is 137 Å². The second-order valence-corrected chi connectivity index (χ2v) is 5.86. The molecule has 0 radical (unpaired) electrons. The van der Waals surface area contributed by atoms with Crippen molar-refractivity contribution in [1.82, 2.24) is 0 Å². The van der Waals surface area contributed by atoms with Crippen molar-refractivity contribution in [2.45, 2.75) is 52.7 Å². The maximum Gasteiger partial charge on any atom is 0.319 e. The molecule has 130 valence electrons. The Morgan fingerprint density at radius 1 is 1.22 bits per heavy atom. The lowest BCUT2D eigenvalue weighted by molar-refractivity contribution is -0.158. The molecule has 0 spiro atoms. The maximum atomic E-state index is 12.6. The second-order valence-electron chi connectivity index (χ2n) is 5.86. The first-order valence-corrected chi connectivity index (χ1v) is 7.98. The van der Waals surface area contributed by atoms with Crippen molar-refractivity contribution in [3.05, 3.63) is 12.2 Å². The molecule has 0 bridgehead atoms. The van der Waals surface area contributed by atoms with Crippen LogP contribution in [0.5, 0.6) is 0 Å². The van der Waals surface area contributed by atoms with E-state index in [1.54, 1.807) is 20.8 Å². The topological polar surface area (TPSA) is 78.9 Å². The average molecular weight is 326 g/mol. The monoisotopic (exact) mass is 326 g/mol. The molecule has 0 N–H and O–H groups in total. The van der Waals surface area contributed by atoms with Crippen LogP contribution in [-0.4, -0.2) is 43.1 Å². The van der Waals surface area contributed by atoms with E-state index in [0.29, 0.717) is 19.6 Å². The largest absolute Gasteiger partial charge is 0.465 e. The first-order chi connectivity index (χ1) is 10.8. The van der Waals surface area contributed by atoms with Gasteiger partial charge in [0, 0.05) is 12.8 Å². The number of Topliss-reactive ketones (excluding diaryl/α,β-unsaturated/α-hetero) is 1. The van der Waals surface area contributed by atoms with Gasteiger partial charge >= 0.3 is 5.97 Å². The molecule has 6 heteroatoms. The fourth-order valence-corrected chi connectivity index (χ4v) is 2.22. The molecule has 1 atom stereocenters. The summed E-state index contributed by atoms with van der Waals surface area (Å²) in [6.07, 6.45) is 3.46. The van der Waals surface area contributed by atoms with Crippen molar-refractivity contribution in [2.75, 3.05) is 19.8 Å². The predicted octanol–water partition coefficient (Wildman–Crippen LogP) is 2.20. The van der Waals surface area contributed by atoms with Crippen LogP contribution in [0, 0.1) is 5.41 Å². The van der Waals surface area contributed by atoms with Crippen molar-refractivity contribution in [2.24, 2.45) is 5.41 Å². The lowest BCUT2D eigenvalue weighted by Gasteiger charge is -2.25. The second kappa shape index (κ2) is 8.36. The van der Waals surface area contributed by atoms with Crippen LogP contribution in [0.1, 0.15) is 47.0 Å². The van der Waals surface area contributed by atoms with Gasteiger partial charge in [-0.1, -0.05) is 6.92 Å². The van der Waals surface area contributed by atoms with Gasteiger partial charge in [0.2, 0.25) is 0 Å². The Balaban J connectivity index is 2.88. The van der Waals surface area contributed by atoms with Gasteiger partial charge in [0.05, 0.1) is 19.8 Å². The van der Waals surface area contributed by atoms with Crippen LogP contribution in [0.4, 0.5) is 0 Å². The van der Waals surface area contributed by atoms with Crippen molar-refractivity contribution < 1.29 is 28.6 Å². The molecule has 0 aromatic heterocycles. The lowest BCUT2D eigenvalue weighted by atomic mass is 9.80. The van der Waals surface area contributed by atoms with Crippen LogP contribution < -0.4 is 0 Å². The van der Waals surface area contributed by atoms with E-state index in [-0.39, 0.29) is 25.2 Å². The molecule has 0 aliphatic carbocycles. The van der Waals surface area contributed by atoms with Gasteiger partial charge in [0.15, 0.2) is 11.6 Å². The number of carbonyl (C=O) groups excluding carboxylic acids is 3. The molecule has 0 saturated carbocycles. The first-order valence-electron chi connectivity index (χ1n) is 7.98. The van der Waals surface area contributed by atoms with E-state index in [9.17, 15) is 14.4 Å². The standard InChI is InChI=1S/C17H26O6/c1-5-13(18)7-9-16(3,15(20)21-6-2)14(19)8-10-17(4)22-11-12-23-17/h8,10H,5-7,9,11-12H2,1-4H3/b10-8+. The Kier molecular flexibility index (Phi) is 7.09. The fourth-order valence-electron chi connectivity index (χ4n) is 2.22. The summed E-state index contributed by atoms with van der Waals surface area (Å²) in [4.78, 5) is 36.4. The van der Waals surface area contributed by atoms with Gasteiger partial charge in [-0.2, -0.15) is 0 Å². The molecule has 1 heterocycles. The molecule has 1 fully saturated rings. The highest BCUT2D eigenvalue weighted by Gasteiger charge is 2.41. The number of hydrogen-bond acceptors (Lipinski definition) is 6. The number of allylic oxidation sites excluding steroid dienone is 1. The summed E-state index contributed by atoms with van der Waals surface area (Å²) >= 11 is 0. The number of carbonyl (C=O) groups is 3.